The Labute approximate surface area is 130 Å². The molecule has 1 fully saturated rings. The summed E-state index contributed by atoms with van der Waals surface area (Å²) in [4.78, 5) is 22.1. The number of carbonyl (C=O) groups excluding carboxylic acids is 2. The Morgan fingerprint density at radius 1 is 1.32 bits per heavy atom. The van der Waals surface area contributed by atoms with E-state index in [0.29, 0.717) is 11.7 Å². The van der Waals surface area contributed by atoms with Gasteiger partial charge in [-0.15, -0.1) is 0 Å². The van der Waals surface area contributed by atoms with Crippen LogP contribution in [0.1, 0.15) is 31.2 Å². The van der Waals surface area contributed by atoms with Gasteiger partial charge >= 0.3 is 0 Å². The summed E-state index contributed by atoms with van der Waals surface area (Å²) in [6.07, 6.45) is 4.02. The molecule has 1 aliphatic rings. The summed E-state index contributed by atoms with van der Waals surface area (Å²) >= 11 is 0. The first-order valence-electron chi connectivity index (χ1n) is 7.54. The lowest BCUT2D eigenvalue weighted by atomic mass is 9.92. The Bertz CT molecular complexity index is 480. The third kappa shape index (κ3) is 5.13. The molecule has 2 amide bonds. The SMILES string of the molecule is O=CN(O)CC(=O)N[C@@H]1CCCC[C@H]1OCc1ccccc1. The van der Waals surface area contributed by atoms with E-state index in [-0.39, 0.29) is 31.0 Å². The van der Waals surface area contributed by atoms with Gasteiger partial charge in [0.15, 0.2) is 0 Å². The molecule has 0 radical (unpaired) electrons. The van der Waals surface area contributed by atoms with E-state index in [1.807, 2.05) is 30.3 Å². The normalized spacial score (nSPS) is 21.1. The van der Waals surface area contributed by atoms with Crippen LogP contribution in [-0.4, -0.2) is 41.3 Å². The average Bonchev–Trinajstić information content (AvgIpc) is 2.54. The van der Waals surface area contributed by atoms with Gasteiger partial charge in [-0.05, 0) is 18.4 Å². The molecule has 2 N–H and O–H groups in total. The molecule has 0 heterocycles. The molecule has 0 unspecified atom stereocenters. The Kier molecular flexibility index (Phi) is 6.36. The first-order chi connectivity index (χ1) is 10.7. The second-order valence-electron chi connectivity index (χ2n) is 5.50. The van der Waals surface area contributed by atoms with Crippen molar-refractivity contribution >= 4 is 12.3 Å². The van der Waals surface area contributed by atoms with Crippen LogP contribution >= 0.6 is 0 Å². The maximum absolute atomic E-state index is 11.8. The minimum absolute atomic E-state index is 0.0405. The predicted molar refractivity (Wildman–Crippen MR) is 80.0 cm³/mol. The fourth-order valence-corrected chi connectivity index (χ4v) is 2.68. The van der Waals surface area contributed by atoms with Gasteiger partial charge in [0, 0.05) is 0 Å². The maximum Gasteiger partial charge on any atom is 0.242 e. The van der Waals surface area contributed by atoms with Gasteiger partial charge < -0.3 is 10.1 Å². The number of benzene rings is 1. The number of carbonyl (C=O) groups is 2. The van der Waals surface area contributed by atoms with Crippen LogP contribution in [-0.2, 0) is 20.9 Å². The van der Waals surface area contributed by atoms with Gasteiger partial charge in [0.1, 0.15) is 6.54 Å². The van der Waals surface area contributed by atoms with Gasteiger partial charge in [0.25, 0.3) is 0 Å². The van der Waals surface area contributed by atoms with Crippen molar-refractivity contribution in [2.45, 2.75) is 44.4 Å². The van der Waals surface area contributed by atoms with Gasteiger partial charge in [-0.25, -0.2) is 5.06 Å². The smallest absolute Gasteiger partial charge is 0.242 e. The van der Waals surface area contributed by atoms with E-state index in [4.69, 9.17) is 9.94 Å². The van der Waals surface area contributed by atoms with Crippen molar-refractivity contribution in [3.63, 3.8) is 0 Å². The fraction of sp³-hybridized carbons (Fsp3) is 0.500. The zero-order valence-electron chi connectivity index (χ0n) is 12.5. The second kappa shape index (κ2) is 8.51. The summed E-state index contributed by atoms with van der Waals surface area (Å²) < 4.78 is 5.95. The van der Waals surface area contributed by atoms with Gasteiger partial charge in [-0.2, -0.15) is 0 Å². The van der Waals surface area contributed by atoms with Crippen molar-refractivity contribution in [1.82, 2.24) is 10.4 Å². The summed E-state index contributed by atoms with van der Waals surface area (Å²) in [5, 5.41) is 12.2. The zero-order chi connectivity index (χ0) is 15.8. The first kappa shape index (κ1) is 16.5. The molecule has 1 aromatic carbocycles. The van der Waals surface area contributed by atoms with E-state index in [1.165, 1.54) is 0 Å². The van der Waals surface area contributed by atoms with Crippen molar-refractivity contribution in [3.8, 4) is 0 Å². The van der Waals surface area contributed by atoms with E-state index >= 15 is 0 Å². The van der Waals surface area contributed by atoms with Crippen LogP contribution < -0.4 is 5.32 Å². The highest BCUT2D eigenvalue weighted by atomic mass is 16.5. The molecule has 1 aromatic rings. The van der Waals surface area contributed by atoms with Crippen LogP contribution in [0.3, 0.4) is 0 Å². The number of hydrogen-bond donors (Lipinski definition) is 2. The Hall–Kier alpha value is -1.92. The third-order valence-corrected chi connectivity index (χ3v) is 3.78. The number of hydrogen-bond acceptors (Lipinski definition) is 4. The highest BCUT2D eigenvalue weighted by molar-refractivity contribution is 5.79. The number of nitrogens with one attached hydrogen (secondary N) is 1. The molecule has 1 aliphatic carbocycles. The lowest BCUT2D eigenvalue weighted by Crippen LogP contribution is -2.48. The van der Waals surface area contributed by atoms with Crippen LogP contribution in [0.15, 0.2) is 30.3 Å². The predicted octanol–water partition coefficient (Wildman–Crippen LogP) is 1.48. The number of rotatable bonds is 7. The fourth-order valence-electron chi connectivity index (χ4n) is 2.68. The summed E-state index contributed by atoms with van der Waals surface area (Å²) in [5.41, 5.74) is 1.10. The van der Waals surface area contributed by atoms with Crippen LogP contribution in [0.5, 0.6) is 0 Å². The molecule has 6 heteroatoms. The summed E-state index contributed by atoms with van der Waals surface area (Å²) in [6.45, 7) is 0.156. The molecule has 0 bridgehead atoms. The lowest BCUT2D eigenvalue weighted by Gasteiger charge is -2.32. The number of hydroxylamine groups is 2. The molecule has 0 aliphatic heterocycles. The molecule has 6 nitrogen and oxygen atoms in total. The molecule has 0 spiro atoms. The zero-order valence-corrected chi connectivity index (χ0v) is 12.5. The summed E-state index contributed by atoms with van der Waals surface area (Å²) in [7, 11) is 0. The van der Waals surface area contributed by atoms with Gasteiger partial charge in [-0.1, -0.05) is 43.2 Å². The van der Waals surface area contributed by atoms with Crippen LogP contribution in [0.4, 0.5) is 0 Å². The first-order valence-corrected chi connectivity index (χ1v) is 7.54. The topological polar surface area (TPSA) is 78.9 Å². The van der Waals surface area contributed by atoms with Crippen molar-refractivity contribution < 1.29 is 19.5 Å². The van der Waals surface area contributed by atoms with Gasteiger partial charge in [0.05, 0.1) is 18.8 Å². The van der Waals surface area contributed by atoms with Crippen molar-refractivity contribution in [3.05, 3.63) is 35.9 Å². The Morgan fingerprint density at radius 3 is 2.77 bits per heavy atom. The number of nitrogens with zero attached hydrogens (tertiary/aromatic N) is 1. The van der Waals surface area contributed by atoms with E-state index < -0.39 is 0 Å². The molecule has 0 saturated heterocycles. The highest BCUT2D eigenvalue weighted by Crippen LogP contribution is 2.22. The van der Waals surface area contributed by atoms with Gasteiger partial charge in [0.2, 0.25) is 12.3 Å². The number of amides is 2. The van der Waals surface area contributed by atoms with Gasteiger partial charge in [-0.3, -0.25) is 14.8 Å². The maximum atomic E-state index is 11.8. The lowest BCUT2D eigenvalue weighted by molar-refractivity contribution is -0.156. The molecular weight excluding hydrogens is 284 g/mol. The summed E-state index contributed by atoms with van der Waals surface area (Å²) in [6, 6.07) is 9.82. The third-order valence-electron chi connectivity index (χ3n) is 3.78. The van der Waals surface area contributed by atoms with E-state index in [1.54, 1.807) is 0 Å². The van der Waals surface area contributed by atoms with Crippen molar-refractivity contribution in [2.75, 3.05) is 6.54 Å². The summed E-state index contributed by atoms with van der Waals surface area (Å²) in [5.74, 6) is -0.380. The van der Waals surface area contributed by atoms with E-state index in [0.717, 1.165) is 31.2 Å². The molecule has 1 saturated carbocycles. The standard InChI is InChI=1S/C16H22N2O4/c19-12-18(21)10-16(20)17-14-8-4-5-9-15(14)22-11-13-6-2-1-3-7-13/h1-3,6-7,12,14-15,21H,4-5,8-11H2,(H,17,20)/t14-,15-/m1/s1. The Balaban J connectivity index is 1.85. The van der Waals surface area contributed by atoms with Crippen LogP contribution in [0.2, 0.25) is 0 Å². The molecule has 2 atom stereocenters. The van der Waals surface area contributed by atoms with Crippen LogP contribution in [0.25, 0.3) is 0 Å². The molecule has 0 aromatic heterocycles. The minimum atomic E-state index is -0.380. The highest BCUT2D eigenvalue weighted by Gasteiger charge is 2.27. The largest absolute Gasteiger partial charge is 0.371 e. The molecule has 2 rings (SSSR count). The van der Waals surface area contributed by atoms with E-state index in [2.05, 4.69) is 5.32 Å². The molecule has 120 valence electrons. The molecular formula is C16H22N2O4. The van der Waals surface area contributed by atoms with Crippen LogP contribution in [0, 0.1) is 0 Å². The van der Waals surface area contributed by atoms with Crippen molar-refractivity contribution in [2.24, 2.45) is 0 Å². The van der Waals surface area contributed by atoms with Crippen molar-refractivity contribution in [1.29, 1.82) is 0 Å². The monoisotopic (exact) mass is 306 g/mol. The quantitative estimate of drug-likeness (QED) is 0.454. The minimum Gasteiger partial charge on any atom is -0.371 e. The second-order valence-corrected chi connectivity index (χ2v) is 5.50. The van der Waals surface area contributed by atoms with E-state index in [9.17, 15) is 9.59 Å². The Morgan fingerprint density at radius 2 is 2.05 bits per heavy atom. The molecule has 22 heavy (non-hydrogen) atoms. The average molecular weight is 306 g/mol. The number of ether oxygens (including phenoxy) is 1.